The van der Waals surface area contributed by atoms with Gasteiger partial charge in [-0.15, -0.1) is 0 Å². The molecule has 1 rings (SSSR count). The van der Waals surface area contributed by atoms with Crippen LogP contribution in [0.5, 0.6) is 0 Å². The van der Waals surface area contributed by atoms with Gasteiger partial charge >= 0.3 is 0 Å². The van der Waals surface area contributed by atoms with E-state index in [1.807, 2.05) is 0 Å². The quantitative estimate of drug-likeness (QED) is 0.704. The van der Waals surface area contributed by atoms with Crippen LogP contribution in [0.25, 0.3) is 0 Å². The summed E-state index contributed by atoms with van der Waals surface area (Å²) in [4.78, 5) is 0. The van der Waals surface area contributed by atoms with Gasteiger partial charge in [-0.05, 0) is 25.7 Å². The highest BCUT2D eigenvalue weighted by atomic mass is 16.3. The molecule has 2 heteroatoms. The first-order valence-electron chi connectivity index (χ1n) is 5.64. The van der Waals surface area contributed by atoms with E-state index in [1.54, 1.807) is 6.92 Å². The summed E-state index contributed by atoms with van der Waals surface area (Å²) in [7, 11) is 0. The van der Waals surface area contributed by atoms with E-state index < -0.39 is 0 Å². The molecule has 78 valence electrons. The third-order valence-corrected chi connectivity index (χ3v) is 3.25. The van der Waals surface area contributed by atoms with E-state index in [4.69, 9.17) is 5.73 Å². The monoisotopic (exact) mass is 185 g/mol. The maximum atomic E-state index is 9.23. The summed E-state index contributed by atoms with van der Waals surface area (Å²) in [6, 6.07) is -0.0121. The van der Waals surface area contributed by atoms with Gasteiger partial charge in [0, 0.05) is 6.04 Å². The van der Waals surface area contributed by atoms with E-state index in [9.17, 15) is 5.11 Å². The normalized spacial score (nSPS) is 24.2. The Morgan fingerprint density at radius 3 is 2.46 bits per heavy atom. The van der Waals surface area contributed by atoms with Crippen molar-refractivity contribution in [1.82, 2.24) is 0 Å². The molecular weight excluding hydrogens is 162 g/mol. The second-order valence-electron chi connectivity index (χ2n) is 4.49. The Bertz CT molecular complexity index is 130. The van der Waals surface area contributed by atoms with Gasteiger partial charge in [0.25, 0.3) is 0 Å². The van der Waals surface area contributed by atoms with E-state index in [1.165, 1.54) is 38.5 Å². The molecule has 0 aromatic heterocycles. The van der Waals surface area contributed by atoms with Gasteiger partial charge in [0.15, 0.2) is 0 Å². The summed E-state index contributed by atoms with van der Waals surface area (Å²) in [5.74, 6) is 0.888. The first kappa shape index (κ1) is 11.0. The lowest BCUT2D eigenvalue weighted by atomic mass is 9.85. The van der Waals surface area contributed by atoms with E-state index >= 15 is 0 Å². The lowest BCUT2D eigenvalue weighted by molar-refractivity contribution is 0.153. The fourth-order valence-corrected chi connectivity index (χ4v) is 2.15. The number of rotatable bonds is 4. The average Bonchev–Trinajstić information content (AvgIpc) is 2.15. The van der Waals surface area contributed by atoms with Gasteiger partial charge in [-0.1, -0.05) is 32.1 Å². The van der Waals surface area contributed by atoms with E-state index in [-0.39, 0.29) is 12.1 Å². The molecule has 3 N–H and O–H groups in total. The first-order valence-corrected chi connectivity index (χ1v) is 5.64. The number of hydrogen-bond acceptors (Lipinski definition) is 2. The van der Waals surface area contributed by atoms with Crippen LogP contribution in [0, 0.1) is 5.92 Å². The zero-order chi connectivity index (χ0) is 9.68. The second kappa shape index (κ2) is 5.61. The minimum Gasteiger partial charge on any atom is -0.392 e. The fraction of sp³-hybridized carbons (Fsp3) is 1.00. The Morgan fingerprint density at radius 1 is 1.31 bits per heavy atom. The van der Waals surface area contributed by atoms with Crippen LogP contribution in [0.4, 0.5) is 0 Å². The Morgan fingerprint density at radius 2 is 1.92 bits per heavy atom. The van der Waals surface area contributed by atoms with Gasteiger partial charge in [0.1, 0.15) is 0 Å². The van der Waals surface area contributed by atoms with Gasteiger partial charge in [0.05, 0.1) is 6.10 Å². The molecule has 0 amide bonds. The maximum Gasteiger partial charge on any atom is 0.0662 e. The standard InChI is InChI=1S/C11H23NO/c1-9(13)11(12)8-7-10-5-3-2-4-6-10/h9-11,13H,2-8,12H2,1H3. The van der Waals surface area contributed by atoms with Crippen molar-refractivity contribution >= 4 is 0 Å². The van der Waals surface area contributed by atoms with Crippen molar-refractivity contribution in [2.24, 2.45) is 11.7 Å². The fourth-order valence-electron chi connectivity index (χ4n) is 2.15. The smallest absolute Gasteiger partial charge is 0.0662 e. The SMILES string of the molecule is CC(O)C(N)CCC1CCCCC1. The molecule has 0 bridgehead atoms. The summed E-state index contributed by atoms with van der Waals surface area (Å²) >= 11 is 0. The number of aliphatic hydroxyl groups excluding tert-OH is 1. The van der Waals surface area contributed by atoms with E-state index in [0.29, 0.717) is 0 Å². The molecule has 0 spiro atoms. The van der Waals surface area contributed by atoms with Crippen LogP contribution < -0.4 is 5.73 Å². The van der Waals surface area contributed by atoms with Crippen molar-refractivity contribution in [3.05, 3.63) is 0 Å². The zero-order valence-electron chi connectivity index (χ0n) is 8.71. The van der Waals surface area contributed by atoms with Crippen molar-refractivity contribution in [3.63, 3.8) is 0 Å². The largest absolute Gasteiger partial charge is 0.392 e. The lowest BCUT2D eigenvalue weighted by Crippen LogP contribution is -2.32. The minimum atomic E-state index is -0.344. The number of nitrogens with two attached hydrogens (primary N) is 1. The van der Waals surface area contributed by atoms with Crippen molar-refractivity contribution < 1.29 is 5.11 Å². The van der Waals surface area contributed by atoms with Gasteiger partial charge < -0.3 is 10.8 Å². The summed E-state index contributed by atoms with van der Waals surface area (Å²) in [6.45, 7) is 1.78. The van der Waals surface area contributed by atoms with Crippen molar-refractivity contribution in [3.8, 4) is 0 Å². The highest BCUT2D eigenvalue weighted by Crippen LogP contribution is 2.27. The van der Waals surface area contributed by atoms with Crippen molar-refractivity contribution in [2.75, 3.05) is 0 Å². The summed E-state index contributed by atoms with van der Waals surface area (Å²) in [6.07, 6.45) is 8.83. The lowest BCUT2D eigenvalue weighted by Gasteiger charge is -2.23. The third kappa shape index (κ3) is 4.10. The van der Waals surface area contributed by atoms with Crippen molar-refractivity contribution in [1.29, 1.82) is 0 Å². The minimum absolute atomic E-state index is 0.0121. The molecule has 1 saturated carbocycles. The average molecular weight is 185 g/mol. The molecule has 2 unspecified atom stereocenters. The van der Waals surface area contributed by atoms with Crippen LogP contribution in [0.3, 0.4) is 0 Å². The highest BCUT2D eigenvalue weighted by molar-refractivity contribution is 4.72. The van der Waals surface area contributed by atoms with Crippen LogP contribution in [0.1, 0.15) is 51.9 Å². The van der Waals surface area contributed by atoms with Gasteiger partial charge in [-0.3, -0.25) is 0 Å². The summed E-state index contributed by atoms with van der Waals surface area (Å²) in [5, 5.41) is 9.23. The number of hydrogen-bond donors (Lipinski definition) is 2. The molecule has 0 radical (unpaired) electrons. The van der Waals surface area contributed by atoms with Gasteiger partial charge in [-0.2, -0.15) is 0 Å². The molecule has 1 fully saturated rings. The molecule has 1 aliphatic rings. The predicted molar refractivity (Wildman–Crippen MR) is 55.5 cm³/mol. The molecule has 2 nitrogen and oxygen atoms in total. The Labute approximate surface area is 81.5 Å². The van der Waals surface area contributed by atoms with Gasteiger partial charge in [0.2, 0.25) is 0 Å². The summed E-state index contributed by atoms with van der Waals surface area (Å²) < 4.78 is 0. The molecule has 0 saturated heterocycles. The summed E-state index contributed by atoms with van der Waals surface area (Å²) in [5.41, 5.74) is 5.78. The zero-order valence-corrected chi connectivity index (χ0v) is 8.71. The van der Waals surface area contributed by atoms with E-state index in [2.05, 4.69) is 0 Å². The molecule has 0 heterocycles. The maximum absolute atomic E-state index is 9.23. The molecule has 13 heavy (non-hydrogen) atoms. The van der Waals surface area contributed by atoms with Crippen molar-refractivity contribution in [2.45, 2.75) is 64.0 Å². The second-order valence-corrected chi connectivity index (χ2v) is 4.49. The topological polar surface area (TPSA) is 46.2 Å². The van der Waals surface area contributed by atoms with Crippen LogP contribution in [0.15, 0.2) is 0 Å². The molecule has 2 atom stereocenters. The molecule has 1 aliphatic carbocycles. The third-order valence-electron chi connectivity index (χ3n) is 3.25. The Hall–Kier alpha value is -0.0800. The molecule has 0 aliphatic heterocycles. The van der Waals surface area contributed by atoms with Crippen LogP contribution in [-0.2, 0) is 0 Å². The predicted octanol–water partition coefficient (Wildman–Crippen LogP) is 2.05. The molecule has 0 aromatic rings. The highest BCUT2D eigenvalue weighted by Gasteiger charge is 2.16. The molecular formula is C11H23NO. The van der Waals surface area contributed by atoms with E-state index in [0.717, 1.165) is 12.3 Å². The molecule has 0 aromatic carbocycles. The van der Waals surface area contributed by atoms with Crippen LogP contribution in [0.2, 0.25) is 0 Å². The van der Waals surface area contributed by atoms with Crippen LogP contribution in [-0.4, -0.2) is 17.3 Å². The Kier molecular flexibility index (Phi) is 4.74. The number of aliphatic hydroxyl groups is 1. The first-order chi connectivity index (χ1) is 6.20. The Balaban J connectivity index is 2.10. The van der Waals surface area contributed by atoms with Gasteiger partial charge in [-0.25, -0.2) is 0 Å². The van der Waals surface area contributed by atoms with Crippen LogP contribution >= 0.6 is 0 Å².